The molecule has 0 radical (unpaired) electrons. The first kappa shape index (κ1) is 12.3. The van der Waals surface area contributed by atoms with E-state index in [1.54, 1.807) is 0 Å². The molecular formula is C13H26N2O. The Kier molecular flexibility index (Phi) is 3.88. The van der Waals surface area contributed by atoms with Crippen molar-refractivity contribution in [1.29, 1.82) is 0 Å². The van der Waals surface area contributed by atoms with Gasteiger partial charge in [-0.05, 0) is 31.2 Å². The van der Waals surface area contributed by atoms with E-state index >= 15 is 0 Å². The predicted molar refractivity (Wildman–Crippen MR) is 66.7 cm³/mol. The van der Waals surface area contributed by atoms with E-state index in [1.807, 2.05) is 7.11 Å². The molecule has 2 saturated heterocycles. The smallest absolute Gasteiger partial charge is 0.0710 e. The maximum atomic E-state index is 5.42. The normalized spacial score (nSPS) is 35.4. The summed E-state index contributed by atoms with van der Waals surface area (Å²) in [5, 5.41) is 3.69. The van der Waals surface area contributed by atoms with E-state index < -0.39 is 0 Å². The van der Waals surface area contributed by atoms with Crippen molar-refractivity contribution in [1.82, 2.24) is 10.2 Å². The van der Waals surface area contributed by atoms with Crippen LogP contribution in [0.1, 0.15) is 33.1 Å². The number of methoxy groups -OCH3 is 1. The summed E-state index contributed by atoms with van der Waals surface area (Å²) >= 11 is 0. The second-order valence-electron chi connectivity index (χ2n) is 6.00. The summed E-state index contributed by atoms with van der Waals surface area (Å²) in [4.78, 5) is 2.55. The summed E-state index contributed by atoms with van der Waals surface area (Å²) < 4.78 is 5.42. The predicted octanol–water partition coefficient (Wildman–Crippen LogP) is 1.49. The van der Waals surface area contributed by atoms with E-state index in [2.05, 4.69) is 24.1 Å². The van der Waals surface area contributed by atoms with Gasteiger partial charge in [-0.2, -0.15) is 0 Å². The molecule has 0 saturated carbocycles. The van der Waals surface area contributed by atoms with E-state index in [0.29, 0.717) is 17.6 Å². The van der Waals surface area contributed by atoms with Crippen LogP contribution in [0.2, 0.25) is 0 Å². The van der Waals surface area contributed by atoms with Gasteiger partial charge < -0.3 is 10.1 Å². The van der Waals surface area contributed by atoms with Gasteiger partial charge in [0.05, 0.1) is 6.10 Å². The van der Waals surface area contributed by atoms with Crippen molar-refractivity contribution < 1.29 is 4.74 Å². The molecule has 0 aromatic heterocycles. The molecule has 0 aromatic rings. The Hall–Kier alpha value is -0.120. The minimum Gasteiger partial charge on any atom is -0.380 e. The monoisotopic (exact) mass is 226 g/mol. The fourth-order valence-electron chi connectivity index (χ4n) is 3.00. The van der Waals surface area contributed by atoms with Gasteiger partial charge in [0, 0.05) is 32.8 Å². The van der Waals surface area contributed by atoms with Crippen LogP contribution in [0.5, 0.6) is 0 Å². The summed E-state index contributed by atoms with van der Waals surface area (Å²) in [5.41, 5.74) is 0.448. The molecule has 94 valence electrons. The van der Waals surface area contributed by atoms with Gasteiger partial charge in [-0.1, -0.05) is 13.8 Å². The fourth-order valence-corrected chi connectivity index (χ4v) is 3.00. The number of hydrogen-bond acceptors (Lipinski definition) is 3. The number of piperidine rings is 1. The lowest BCUT2D eigenvalue weighted by molar-refractivity contribution is 0.0955. The van der Waals surface area contributed by atoms with Crippen LogP contribution < -0.4 is 5.32 Å². The van der Waals surface area contributed by atoms with Crippen molar-refractivity contribution in [3.63, 3.8) is 0 Å². The lowest BCUT2D eigenvalue weighted by Gasteiger charge is -2.41. The minimum absolute atomic E-state index is 0.448. The van der Waals surface area contributed by atoms with Gasteiger partial charge >= 0.3 is 0 Å². The second kappa shape index (κ2) is 5.03. The first-order valence-corrected chi connectivity index (χ1v) is 6.60. The van der Waals surface area contributed by atoms with Crippen LogP contribution in [0.3, 0.4) is 0 Å². The number of nitrogens with zero attached hydrogens (tertiary/aromatic N) is 1. The maximum Gasteiger partial charge on any atom is 0.0710 e. The van der Waals surface area contributed by atoms with E-state index in [1.165, 1.54) is 38.9 Å². The SMILES string of the molecule is COC1CCN(CC2NCCCC2(C)C)C1. The summed E-state index contributed by atoms with van der Waals surface area (Å²) in [6.45, 7) is 9.49. The van der Waals surface area contributed by atoms with Crippen LogP contribution >= 0.6 is 0 Å². The zero-order valence-electron chi connectivity index (χ0n) is 11.0. The molecule has 3 nitrogen and oxygen atoms in total. The Morgan fingerprint density at radius 3 is 2.88 bits per heavy atom. The molecule has 16 heavy (non-hydrogen) atoms. The molecule has 0 aliphatic carbocycles. The van der Waals surface area contributed by atoms with Crippen LogP contribution in [0, 0.1) is 5.41 Å². The average Bonchev–Trinajstić information content (AvgIpc) is 2.69. The summed E-state index contributed by atoms with van der Waals surface area (Å²) in [5.74, 6) is 0. The highest BCUT2D eigenvalue weighted by Crippen LogP contribution is 2.31. The van der Waals surface area contributed by atoms with Crippen LogP contribution in [0.15, 0.2) is 0 Å². The first-order valence-electron chi connectivity index (χ1n) is 6.60. The minimum atomic E-state index is 0.448. The summed E-state index contributed by atoms with van der Waals surface area (Å²) in [6.07, 6.45) is 4.34. The summed E-state index contributed by atoms with van der Waals surface area (Å²) in [6, 6.07) is 0.650. The van der Waals surface area contributed by atoms with Crippen molar-refractivity contribution in [2.45, 2.75) is 45.3 Å². The third-order valence-electron chi connectivity index (χ3n) is 4.34. The van der Waals surface area contributed by atoms with Gasteiger partial charge in [0.1, 0.15) is 0 Å². The summed E-state index contributed by atoms with van der Waals surface area (Å²) in [7, 11) is 1.83. The first-order chi connectivity index (χ1) is 7.62. The fraction of sp³-hybridized carbons (Fsp3) is 1.00. The standard InChI is InChI=1S/C13H26N2O/c1-13(2)6-4-7-14-12(13)10-15-8-5-11(9-15)16-3/h11-12,14H,4-10H2,1-3H3. The lowest BCUT2D eigenvalue weighted by atomic mass is 9.77. The number of ether oxygens (including phenoxy) is 1. The highest BCUT2D eigenvalue weighted by atomic mass is 16.5. The van der Waals surface area contributed by atoms with Gasteiger partial charge in [0.2, 0.25) is 0 Å². The van der Waals surface area contributed by atoms with Crippen molar-refractivity contribution in [2.24, 2.45) is 5.41 Å². The molecule has 2 aliphatic rings. The number of hydrogen-bond donors (Lipinski definition) is 1. The van der Waals surface area contributed by atoms with Crippen LogP contribution in [-0.4, -0.2) is 50.3 Å². The average molecular weight is 226 g/mol. The molecule has 3 heteroatoms. The number of rotatable bonds is 3. The van der Waals surface area contributed by atoms with Crippen LogP contribution in [0.25, 0.3) is 0 Å². The topological polar surface area (TPSA) is 24.5 Å². The molecule has 2 fully saturated rings. The molecule has 0 spiro atoms. The van der Waals surface area contributed by atoms with Crippen molar-refractivity contribution in [3.05, 3.63) is 0 Å². The molecule has 2 heterocycles. The Morgan fingerprint density at radius 2 is 2.25 bits per heavy atom. The van der Waals surface area contributed by atoms with E-state index in [0.717, 1.165) is 6.54 Å². The molecule has 0 amide bonds. The largest absolute Gasteiger partial charge is 0.380 e. The van der Waals surface area contributed by atoms with Gasteiger partial charge in [0.15, 0.2) is 0 Å². The highest BCUT2D eigenvalue weighted by Gasteiger charge is 2.34. The van der Waals surface area contributed by atoms with Gasteiger partial charge in [-0.25, -0.2) is 0 Å². The Labute approximate surface area is 99.5 Å². The molecule has 2 atom stereocenters. The zero-order chi connectivity index (χ0) is 11.6. The third-order valence-corrected chi connectivity index (χ3v) is 4.34. The lowest BCUT2D eigenvalue weighted by Crippen LogP contribution is -2.52. The van der Waals surface area contributed by atoms with Gasteiger partial charge in [-0.3, -0.25) is 4.90 Å². The third kappa shape index (κ3) is 2.76. The Balaban J connectivity index is 1.84. The van der Waals surface area contributed by atoms with Crippen molar-refractivity contribution in [2.75, 3.05) is 33.3 Å². The van der Waals surface area contributed by atoms with Crippen LogP contribution in [-0.2, 0) is 4.74 Å². The quantitative estimate of drug-likeness (QED) is 0.789. The van der Waals surface area contributed by atoms with Crippen molar-refractivity contribution >= 4 is 0 Å². The maximum absolute atomic E-state index is 5.42. The van der Waals surface area contributed by atoms with Crippen LogP contribution in [0.4, 0.5) is 0 Å². The Morgan fingerprint density at radius 1 is 1.44 bits per heavy atom. The second-order valence-corrected chi connectivity index (χ2v) is 6.00. The number of nitrogens with one attached hydrogen (secondary N) is 1. The van der Waals surface area contributed by atoms with E-state index in [9.17, 15) is 0 Å². The molecule has 1 N–H and O–H groups in total. The molecule has 2 aliphatic heterocycles. The number of likely N-dealkylation sites (tertiary alicyclic amines) is 1. The van der Waals surface area contributed by atoms with Crippen molar-refractivity contribution in [3.8, 4) is 0 Å². The van der Waals surface area contributed by atoms with Gasteiger partial charge in [0.25, 0.3) is 0 Å². The van der Waals surface area contributed by atoms with E-state index in [-0.39, 0.29) is 0 Å². The molecular weight excluding hydrogens is 200 g/mol. The molecule has 2 rings (SSSR count). The highest BCUT2D eigenvalue weighted by molar-refractivity contribution is 4.91. The molecule has 0 bridgehead atoms. The zero-order valence-corrected chi connectivity index (χ0v) is 11.0. The van der Waals surface area contributed by atoms with E-state index in [4.69, 9.17) is 4.74 Å². The Bertz CT molecular complexity index is 230. The molecule has 0 aromatic carbocycles. The van der Waals surface area contributed by atoms with Gasteiger partial charge in [-0.15, -0.1) is 0 Å². The molecule has 2 unspecified atom stereocenters.